The molecule has 0 heterocycles. The summed E-state index contributed by atoms with van der Waals surface area (Å²) >= 11 is 0. The van der Waals surface area contributed by atoms with Gasteiger partial charge in [0.05, 0.1) is 0 Å². The Bertz CT molecular complexity index is 361. The molecule has 0 aliphatic rings. The van der Waals surface area contributed by atoms with Gasteiger partial charge in [-0.05, 0) is 5.92 Å². The highest BCUT2D eigenvalue weighted by Gasteiger charge is 2.26. The standard InChI is InChI=1S/C8H16N2O6S/c1-6(2)3-9-17(15,16)10(4-7(11)12)5-8(13)14/h6,9H,3-5H2,1-2H3,(H,11,12)(H,13,14). The van der Waals surface area contributed by atoms with Crippen LogP contribution in [0.2, 0.25) is 0 Å². The predicted octanol–water partition coefficient (Wildman–Crippen LogP) is -1.05. The van der Waals surface area contributed by atoms with Gasteiger partial charge in [-0.1, -0.05) is 13.8 Å². The lowest BCUT2D eigenvalue weighted by Crippen LogP contribution is -2.46. The fraction of sp³-hybridized carbons (Fsp3) is 0.750. The Hall–Kier alpha value is -1.19. The number of nitrogens with one attached hydrogen (secondary N) is 1. The summed E-state index contributed by atoms with van der Waals surface area (Å²) < 4.78 is 25.7. The van der Waals surface area contributed by atoms with Crippen LogP contribution in [0.4, 0.5) is 0 Å². The van der Waals surface area contributed by atoms with Crippen LogP contribution in [0.3, 0.4) is 0 Å². The second kappa shape index (κ2) is 6.52. The van der Waals surface area contributed by atoms with E-state index in [1.54, 1.807) is 13.8 Å². The third-order valence-electron chi connectivity index (χ3n) is 1.64. The molecule has 3 N–H and O–H groups in total. The lowest BCUT2D eigenvalue weighted by molar-refractivity contribution is -0.139. The first kappa shape index (κ1) is 15.8. The molecule has 0 aromatic heterocycles. The van der Waals surface area contributed by atoms with Gasteiger partial charge in [0, 0.05) is 6.54 Å². The lowest BCUT2D eigenvalue weighted by Gasteiger charge is -2.19. The minimum atomic E-state index is -4.09. The van der Waals surface area contributed by atoms with E-state index in [-0.39, 0.29) is 12.5 Å². The molecule has 0 spiro atoms. The quantitative estimate of drug-likeness (QED) is 0.516. The lowest BCUT2D eigenvalue weighted by atomic mass is 10.2. The first-order valence-corrected chi connectivity index (χ1v) is 6.27. The Kier molecular flexibility index (Phi) is 6.07. The minimum absolute atomic E-state index is 0.0290. The van der Waals surface area contributed by atoms with Crippen molar-refractivity contribution in [3.63, 3.8) is 0 Å². The van der Waals surface area contributed by atoms with Crippen LogP contribution in [0.5, 0.6) is 0 Å². The second-order valence-electron chi connectivity index (χ2n) is 3.80. The molecule has 0 bridgehead atoms. The molecule has 0 atom stereocenters. The van der Waals surface area contributed by atoms with Crippen molar-refractivity contribution in [1.29, 1.82) is 0 Å². The van der Waals surface area contributed by atoms with E-state index in [0.717, 1.165) is 0 Å². The summed E-state index contributed by atoms with van der Waals surface area (Å²) in [5, 5.41) is 17.0. The zero-order chi connectivity index (χ0) is 13.6. The third-order valence-corrected chi connectivity index (χ3v) is 3.11. The van der Waals surface area contributed by atoms with Gasteiger partial charge in [-0.15, -0.1) is 0 Å². The van der Waals surface area contributed by atoms with Crippen LogP contribution in [0.25, 0.3) is 0 Å². The molecule has 0 aliphatic carbocycles. The fourth-order valence-electron chi connectivity index (χ4n) is 0.891. The average molecular weight is 268 g/mol. The average Bonchev–Trinajstić information content (AvgIpc) is 2.12. The molecule has 0 rings (SSSR count). The van der Waals surface area contributed by atoms with E-state index in [9.17, 15) is 18.0 Å². The predicted molar refractivity (Wildman–Crippen MR) is 58.6 cm³/mol. The van der Waals surface area contributed by atoms with Gasteiger partial charge >= 0.3 is 11.9 Å². The second-order valence-corrected chi connectivity index (χ2v) is 5.56. The molecule has 0 aromatic carbocycles. The number of carboxylic acid groups (broad SMARTS) is 2. The van der Waals surface area contributed by atoms with Crippen molar-refractivity contribution in [3.05, 3.63) is 0 Å². The van der Waals surface area contributed by atoms with Gasteiger partial charge in [0.1, 0.15) is 13.1 Å². The van der Waals surface area contributed by atoms with Crippen molar-refractivity contribution in [3.8, 4) is 0 Å². The molecule has 100 valence electrons. The third kappa shape index (κ3) is 6.87. The van der Waals surface area contributed by atoms with Crippen LogP contribution in [0.15, 0.2) is 0 Å². The zero-order valence-electron chi connectivity index (χ0n) is 9.58. The van der Waals surface area contributed by atoms with Crippen molar-refractivity contribution < 1.29 is 28.2 Å². The van der Waals surface area contributed by atoms with Crippen molar-refractivity contribution in [1.82, 2.24) is 9.03 Å². The van der Waals surface area contributed by atoms with Crippen molar-refractivity contribution in [2.45, 2.75) is 13.8 Å². The number of carboxylic acids is 2. The zero-order valence-corrected chi connectivity index (χ0v) is 10.4. The summed E-state index contributed by atoms with van der Waals surface area (Å²) in [5.74, 6) is -2.80. The first-order valence-electron chi connectivity index (χ1n) is 4.83. The fourth-order valence-corrected chi connectivity index (χ4v) is 2.18. The highest BCUT2D eigenvalue weighted by Crippen LogP contribution is 1.99. The van der Waals surface area contributed by atoms with Crippen LogP contribution in [0, 0.1) is 5.92 Å². The van der Waals surface area contributed by atoms with Crippen molar-refractivity contribution in [2.24, 2.45) is 5.92 Å². The summed E-state index contributed by atoms with van der Waals surface area (Å²) in [6.45, 7) is 1.86. The normalized spacial score (nSPS) is 12.0. The van der Waals surface area contributed by atoms with Crippen LogP contribution in [-0.4, -0.2) is 54.5 Å². The van der Waals surface area contributed by atoms with E-state index < -0.39 is 35.2 Å². The topological polar surface area (TPSA) is 124 Å². The molecule has 0 saturated heterocycles. The van der Waals surface area contributed by atoms with Gasteiger partial charge in [0.15, 0.2) is 0 Å². The Labute approximate surface area is 99.4 Å². The number of hydrogen-bond acceptors (Lipinski definition) is 4. The highest BCUT2D eigenvalue weighted by molar-refractivity contribution is 7.87. The molecular formula is C8H16N2O6S. The Morgan fingerprint density at radius 1 is 1.18 bits per heavy atom. The largest absolute Gasteiger partial charge is 0.480 e. The SMILES string of the molecule is CC(C)CNS(=O)(=O)N(CC(=O)O)CC(=O)O. The first-order chi connectivity index (χ1) is 7.65. The minimum Gasteiger partial charge on any atom is -0.480 e. The number of aliphatic carboxylic acids is 2. The molecule has 0 unspecified atom stereocenters. The summed E-state index contributed by atoms with van der Waals surface area (Å²) in [6.07, 6.45) is 0. The van der Waals surface area contributed by atoms with E-state index >= 15 is 0 Å². The molecule has 0 aromatic rings. The molecule has 17 heavy (non-hydrogen) atoms. The number of rotatable bonds is 8. The van der Waals surface area contributed by atoms with Crippen LogP contribution >= 0.6 is 0 Å². The van der Waals surface area contributed by atoms with E-state index in [4.69, 9.17) is 10.2 Å². The monoisotopic (exact) mass is 268 g/mol. The van der Waals surface area contributed by atoms with Crippen LogP contribution in [0.1, 0.15) is 13.8 Å². The molecule has 0 radical (unpaired) electrons. The number of carbonyl (C=O) groups is 2. The van der Waals surface area contributed by atoms with Gasteiger partial charge < -0.3 is 10.2 Å². The Morgan fingerprint density at radius 2 is 1.59 bits per heavy atom. The molecule has 9 heteroatoms. The number of hydrogen-bond donors (Lipinski definition) is 3. The molecule has 0 amide bonds. The molecule has 0 aliphatic heterocycles. The molecule has 0 saturated carbocycles. The van der Waals surface area contributed by atoms with E-state index in [1.165, 1.54) is 0 Å². The van der Waals surface area contributed by atoms with Crippen LogP contribution < -0.4 is 4.72 Å². The summed E-state index contributed by atoms with van der Waals surface area (Å²) in [5.41, 5.74) is 0. The maximum absolute atomic E-state index is 11.6. The maximum atomic E-state index is 11.6. The van der Waals surface area contributed by atoms with Gasteiger partial charge in [-0.2, -0.15) is 12.7 Å². The highest BCUT2D eigenvalue weighted by atomic mass is 32.2. The van der Waals surface area contributed by atoms with Crippen molar-refractivity contribution in [2.75, 3.05) is 19.6 Å². The van der Waals surface area contributed by atoms with Crippen molar-refractivity contribution >= 4 is 22.1 Å². The Morgan fingerprint density at radius 3 is 1.88 bits per heavy atom. The van der Waals surface area contributed by atoms with E-state index in [1.807, 2.05) is 0 Å². The van der Waals surface area contributed by atoms with Gasteiger partial charge in [0.2, 0.25) is 0 Å². The molecular weight excluding hydrogens is 252 g/mol. The molecule has 8 nitrogen and oxygen atoms in total. The maximum Gasteiger partial charge on any atom is 0.318 e. The summed E-state index contributed by atoms with van der Waals surface area (Å²) in [4.78, 5) is 20.9. The Balaban J connectivity index is 4.76. The van der Waals surface area contributed by atoms with Gasteiger partial charge in [-0.3, -0.25) is 9.59 Å². The van der Waals surface area contributed by atoms with Crippen LogP contribution in [-0.2, 0) is 19.8 Å². The smallest absolute Gasteiger partial charge is 0.318 e. The molecule has 0 fully saturated rings. The number of nitrogens with zero attached hydrogens (tertiary/aromatic N) is 1. The van der Waals surface area contributed by atoms with E-state index in [2.05, 4.69) is 4.72 Å². The van der Waals surface area contributed by atoms with E-state index in [0.29, 0.717) is 4.31 Å². The van der Waals surface area contributed by atoms with Gasteiger partial charge in [-0.25, -0.2) is 4.72 Å². The summed E-state index contributed by atoms with van der Waals surface area (Å²) in [6, 6.07) is 0. The summed E-state index contributed by atoms with van der Waals surface area (Å²) in [7, 11) is -4.09. The van der Waals surface area contributed by atoms with Gasteiger partial charge in [0.25, 0.3) is 10.2 Å².